The fourth-order valence-corrected chi connectivity index (χ4v) is 2.38. The molecule has 0 spiro atoms. The highest BCUT2D eigenvalue weighted by Gasteiger charge is 2.19. The molecule has 0 aliphatic carbocycles. The molecule has 2 heterocycles. The number of rotatable bonds is 4. The predicted octanol–water partition coefficient (Wildman–Crippen LogP) is 0.905. The van der Waals surface area contributed by atoms with Gasteiger partial charge in [0.25, 0.3) is 0 Å². The molecule has 5 nitrogen and oxygen atoms in total. The number of Topliss-reactive ketones (excluding diaryl/α,β-unsaturated/α-hetero) is 1. The Labute approximate surface area is 111 Å². The van der Waals surface area contributed by atoms with Gasteiger partial charge in [-0.25, -0.2) is 0 Å². The van der Waals surface area contributed by atoms with E-state index < -0.39 is 0 Å². The summed E-state index contributed by atoms with van der Waals surface area (Å²) in [5, 5.41) is 7.94. The summed E-state index contributed by atoms with van der Waals surface area (Å²) in [6.45, 7) is 2.94. The largest absolute Gasteiger partial charge is 0.315 e. The van der Waals surface area contributed by atoms with E-state index >= 15 is 0 Å². The molecule has 0 unspecified atom stereocenters. The first-order valence-corrected chi connectivity index (χ1v) is 6.46. The molecule has 0 N–H and O–H groups in total. The standard InChI is InChI=1S/C14H16N4O/c19-13(8-12-4-2-1-3-5-12)9-17-6-7-18-11-15-16-14(18)10-17/h1-5,11H,6-10H2. The fraction of sp³-hybridized carbons (Fsp3) is 0.357. The highest BCUT2D eigenvalue weighted by Crippen LogP contribution is 2.09. The van der Waals surface area contributed by atoms with Gasteiger partial charge in [0.05, 0.1) is 13.1 Å². The Hall–Kier alpha value is -2.01. The lowest BCUT2D eigenvalue weighted by Gasteiger charge is -2.26. The molecule has 0 radical (unpaired) electrons. The summed E-state index contributed by atoms with van der Waals surface area (Å²) in [6.07, 6.45) is 2.25. The predicted molar refractivity (Wildman–Crippen MR) is 70.5 cm³/mol. The molecule has 1 aliphatic rings. The number of fused-ring (bicyclic) bond motifs is 1. The van der Waals surface area contributed by atoms with Gasteiger partial charge in [-0.15, -0.1) is 10.2 Å². The molecule has 1 aromatic carbocycles. The van der Waals surface area contributed by atoms with E-state index in [9.17, 15) is 4.79 Å². The first-order chi connectivity index (χ1) is 9.31. The van der Waals surface area contributed by atoms with Gasteiger partial charge in [0, 0.05) is 19.5 Å². The molecule has 0 atom stereocenters. The van der Waals surface area contributed by atoms with E-state index in [1.807, 2.05) is 34.9 Å². The summed E-state index contributed by atoms with van der Waals surface area (Å²) in [4.78, 5) is 14.2. The van der Waals surface area contributed by atoms with Crippen molar-refractivity contribution in [1.82, 2.24) is 19.7 Å². The zero-order valence-corrected chi connectivity index (χ0v) is 10.7. The fourth-order valence-electron chi connectivity index (χ4n) is 2.38. The van der Waals surface area contributed by atoms with Gasteiger partial charge in [-0.2, -0.15) is 0 Å². The van der Waals surface area contributed by atoms with E-state index in [-0.39, 0.29) is 5.78 Å². The number of benzene rings is 1. The van der Waals surface area contributed by atoms with Gasteiger partial charge in [0.2, 0.25) is 0 Å². The molecule has 98 valence electrons. The van der Waals surface area contributed by atoms with Crippen LogP contribution in [0.15, 0.2) is 36.7 Å². The minimum Gasteiger partial charge on any atom is -0.315 e. The van der Waals surface area contributed by atoms with Crippen LogP contribution in [-0.2, 0) is 24.3 Å². The summed E-state index contributed by atoms with van der Waals surface area (Å²) in [6, 6.07) is 9.87. The quantitative estimate of drug-likeness (QED) is 0.815. The van der Waals surface area contributed by atoms with Crippen molar-refractivity contribution in [2.75, 3.05) is 13.1 Å². The molecule has 0 bridgehead atoms. The molecule has 3 rings (SSSR count). The Morgan fingerprint density at radius 1 is 1.21 bits per heavy atom. The van der Waals surface area contributed by atoms with Crippen LogP contribution < -0.4 is 0 Å². The third-order valence-corrected chi connectivity index (χ3v) is 3.36. The van der Waals surface area contributed by atoms with Crippen LogP contribution in [0.4, 0.5) is 0 Å². The van der Waals surface area contributed by atoms with Crippen molar-refractivity contribution in [2.45, 2.75) is 19.5 Å². The number of hydrogen-bond donors (Lipinski definition) is 0. The van der Waals surface area contributed by atoms with Crippen LogP contribution in [-0.4, -0.2) is 38.5 Å². The summed E-state index contributed by atoms with van der Waals surface area (Å²) < 4.78 is 2.04. The van der Waals surface area contributed by atoms with Gasteiger partial charge in [-0.05, 0) is 5.56 Å². The van der Waals surface area contributed by atoms with Crippen LogP contribution in [0.25, 0.3) is 0 Å². The normalized spacial score (nSPS) is 15.2. The van der Waals surface area contributed by atoms with Crippen molar-refractivity contribution in [3.8, 4) is 0 Å². The average Bonchev–Trinajstić information content (AvgIpc) is 2.87. The second kappa shape index (κ2) is 5.32. The third kappa shape index (κ3) is 2.88. The van der Waals surface area contributed by atoms with E-state index in [4.69, 9.17) is 0 Å². The Kier molecular flexibility index (Phi) is 3.37. The SMILES string of the molecule is O=C(Cc1ccccc1)CN1CCn2cnnc2C1. The van der Waals surface area contributed by atoms with Crippen LogP contribution >= 0.6 is 0 Å². The molecular formula is C14H16N4O. The second-order valence-electron chi connectivity index (χ2n) is 4.85. The van der Waals surface area contributed by atoms with Gasteiger partial charge < -0.3 is 4.57 Å². The lowest BCUT2D eigenvalue weighted by molar-refractivity contribution is -0.119. The van der Waals surface area contributed by atoms with E-state index in [1.54, 1.807) is 6.33 Å². The molecular weight excluding hydrogens is 240 g/mol. The number of ketones is 1. The van der Waals surface area contributed by atoms with Crippen molar-refractivity contribution >= 4 is 5.78 Å². The molecule has 0 saturated carbocycles. The van der Waals surface area contributed by atoms with Crippen molar-refractivity contribution in [3.05, 3.63) is 48.0 Å². The second-order valence-corrected chi connectivity index (χ2v) is 4.85. The summed E-state index contributed by atoms with van der Waals surface area (Å²) in [5.41, 5.74) is 1.08. The first-order valence-electron chi connectivity index (χ1n) is 6.46. The maximum absolute atomic E-state index is 12.0. The van der Waals surface area contributed by atoms with Gasteiger partial charge in [0.1, 0.15) is 12.2 Å². The zero-order chi connectivity index (χ0) is 13.1. The monoisotopic (exact) mass is 256 g/mol. The third-order valence-electron chi connectivity index (χ3n) is 3.36. The van der Waals surface area contributed by atoms with Crippen LogP contribution in [0.3, 0.4) is 0 Å². The molecule has 2 aromatic rings. The minimum atomic E-state index is 0.249. The smallest absolute Gasteiger partial charge is 0.151 e. The zero-order valence-electron chi connectivity index (χ0n) is 10.7. The van der Waals surface area contributed by atoms with Crippen LogP contribution in [0.2, 0.25) is 0 Å². The molecule has 0 amide bonds. The number of nitrogens with zero attached hydrogens (tertiary/aromatic N) is 4. The highest BCUT2D eigenvalue weighted by molar-refractivity contribution is 5.82. The van der Waals surface area contributed by atoms with E-state index in [0.717, 1.165) is 24.5 Å². The van der Waals surface area contributed by atoms with E-state index in [1.165, 1.54) is 0 Å². The lowest BCUT2D eigenvalue weighted by Crippen LogP contribution is -2.37. The number of carbonyl (C=O) groups is 1. The number of aromatic nitrogens is 3. The molecule has 19 heavy (non-hydrogen) atoms. The van der Waals surface area contributed by atoms with Gasteiger partial charge in [-0.3, -0.25) is 9.69 Å². The average molecular weight is 256 g/mol. The maximum Gasteiger partial charge on any atom is 0.151 e. The number of hydrogen-bond acceptors (Lipinski definition) is 4. The van der Waals surface area contributed by atoms with Crippen LogP contribution in [0.1, 0.15) is 11.4 Å². The topological polar surface area (TPSA) is 51.0 Å². The van der Waals surface area contributed by atoms with Crippen molar-refractivity contribution in [3.63, 3.8) is 0 Å². The molecule has 0 fully saturated rings. The number of carbonyl (C=O) groups excluding carboxylic acids is 1. The first kappa shape index (κ1) is 12.0. The molecule has 1 aromatic heterocycles. The molecule has 1 aliphatic heterocycles. The summed E-state index contributed by atoms with van der Waals surface area (Å²) >= 11 is 0. The summed E-state index contributed by atoms with van der Waals surface area (Å²) in [7, 11) is 0. The maximum atomic E-state index is 12.0. The summed E-state index contributed by atoms with van der Waals surface area (Å²) in [5.74, 6) is 1.19. The lowest BCUT2D eigenvalue weighted by atomic mass is 10.1. The van der Waals surface area contributed by atoms with Crippen molar-refractivity contribution < 1.29 is 4.79 Å². The van der Waals surface area contributed by atoms with E-state index in [2.05, 4.69) is 15.1 Å². The Bertz CT molecular complexity index is 564. The van der Waals surface area contributed by atoms with Gasteiger partial charge in [0.15, 0.2) is 5.78 Å². The Balaban J connectivity index is 1.56. The Morgan fingerprint density at radius 3 is 2.89 bits per heavy atom. The Morgan fingerprint density at radius 2 is 2.05 bits per heavy atom. The molecule has 5 heteroatoms. The van der Waals surface area contributed by atoms with E-state index in [0.29, 0.717) is 19.5 Å². The van der Waals surface area contributed by atoms with Gasteiger partial charge in [-0.1, -0.05) is 30.3 Å². The van der Waals surface area contributed by atoms with Crippen molar-refractivity contribution in [1.29, 1.82) is 0 Å². The van der Waals surface area contributed by atoms with Crippen LogP contribution in [0, 0.1) is 0 Å². The minimum absolute atomic E-state index is 0.249. The van der Waals surface area contributed by atoms with Crippen molar-refractivity contribution in [2.24, 2.45) is 0 Å². The van der Waals surface area contributed by atoms with Gasteiger partial charge >= 0.3 is 0 Å². The highest BCUT2D eigenvalue weighted by atomic mass is 16.1. The molecule has 0 saturated heterocycles. The van der Waals surface area contributed by atoms with Crippen LogP contribution in [0.5, 0.6) is 0 Å².